The molecule has 0 aliphatic carbocycles. The number of nitrogens with one attached hydrogen (secondary N) is 1. The molecular weight excluding hydrogens is 374 g/mol. The first-order valence-electron chi connectivity index (χ1n) is 8.18. The molecule has 142 valence electrons. The van der Waals surface area contributed by atoms with Gasteiger partial charge in [0.15, 0.2) is 5.13 Å². The lowest BCUT2D eigenvalue weighted by Crippen LogP contribution is -2.31. The van der Waals surface area contributed by atoms with Crippen LogP contribution in [0.15, 0.2) is 23.1 Å². The summed E-state index contributed by atoms with van der Waals surface area (Å²) in [4.78, 5) is 17.8. The van der Waals surface area contributed by atoms with E-state index in [1.807, 2.05) is 13.8 Å². The van der Waals surface area contributed by atoms with Crippen molar-refractivity contribution >= 4 is 32.4 Å². The first-order valence-corrected chi connectivity index (χ1v) is 10.4. The van der Waals surface area contributed by atoms with Crippen LogP contribution in [0.3, 0.4) is 0 Å². The topological polar surface area (TPSA) is 88.6 Å². The van der Waals surface area contributed by atoms with Crippen molar-refractivity contribution in [3.63, 3.8) is 0 Å². The molecule has 0 unspecified atom stereocenters. The fourth-order valence-corrected chi connectivity index (χ4v) is 4.87. The van der Waals surface area contributed by atoms with Gasteiger partial charge in [0.2, 0.25) is 10.0 Å². The van der Waals surface area contributed by atoms with E-state index in [2.05, 4.69) is 10.3 Å². The van der Waals surface area contributed by atoms with Crippen molar-refractivity contribution in [1.82, 2.24) is 9.29 Å². The van der Waals surface area contributed by atoms with E-state index in [1.54, 1.807) is 13.8 Å². The number of amides is 1. The van der Waals surface area contributed by atoms with Crippen LogP contribution in [-0.4, -0.2) is 43.8 Å². The van der Waals surface area contributed by atoms with E-state index in [4.69, 9.17) is 4.74 Å². The van der Waals surface area contributed by atoms with Crippen molar-refractivity contribution in [2.75, 3.05) is 25.5 Å². The van der Waals surface area contributed by atoms with Crippen molar-refractivity contribution in [3.8, 4) is 5.75 Å². The first kappa shape index (κ1) is 20.3. The number of aryl methyl sites for hydroxylation is 2. The fraction of sp³-hybridized carbons (Fsp3) is 0.412. The second-order valence-corrected chi connectivity index (χ2v) is 8.68. The zero-order valence-corrected chi connectivity index (χ0v) is 17.1. The molecule has 0 bridgehead atoms. The van der Waals surface area contributed by atoms with Crippen LogP contribution < -0.4 is 10.1 Å². The van der Waals surface area contributed by atoms with E-state index in [1.165, 1.54) is 41.0 Å². The van der Waals surface area contributed by atoms with Gasteiger partial charge in [-0.15, -0.1) is 11.3 Å². The average molecular weight is 398 g/mol. The Kier molecular flexibility index (Phi) is 6.38. The minimum atomic E-state index is -3.76. The number of hydrogen-bond acceptors (Lipinski definition) is 6. The number of hydrogen-bond donors (Lipinski definition) is 1. The Bertz CT molecular complexity index is 883. The maximum Gasteiger partial charge on any atom is 0.257 e. The normalized spacial score (nSPS) is 11.6. The first-order chi connectivity index (χ1) is 12.2. The van der Waals surface area contributed by atoms with Crippen LogP contribution >= 0.6 is 11.3 Å². The predicted octanol–water partition coefficient (Wildman–Crippen LogP) is 3.05. The number of rotatable bonds is 7. The van der Waals surface area contributed by atoms with E-state index in [0.717, 1.165) is 10.6 Å². The zero-order chi connectivity index (χ0) is 19.5. The largest absolute Gasteiger partial charge is 0.495 e. The van der Waals surface area contributed by atoms with Crippen molar-refractivity contribution in [1.29, 1.82) is 0 Å². The number of thiazole rings is 1. The molecule has 1 aromatic carbocycles. The Labute approximate surface area is 158 Å². The van der Waals surface area contributed by atoms with E-state index < -0.39 is 15.9 Å². The van der Waals surface area contributed by atoms with E-state index >= 15 is 0 Å². The van der Waals surface area contributed by atoms with Crippen LogP contribution in [0.2, 0.25) is 0 Å². The van der Waals surface area contributed by atoms with Crippen LogP contribution in [-0.2, 0) is 10.0 Å². The van der Waals surface area contributed by atoms with Crippen LogP contribution in [0.25, 0.3) is 0 Å². The van der Waals surface area contributed by atoms with Gasteiger partial charge in [-0.2, -0.15) is 4.31 Å². The molecule has 1 aromatic heterocycles. The molecule has 0 atom stereocenters. The minimum absolute atomic E-state index is 0.0251. The molecule has 0 aliphatic rings. The SMILES string of the molecule is CCN(CC)S(=O)(=O)c1cc(C(=O)Nc2nc(C)c(C)s2)ccc1OC. The van der Waals surface area contributed by atoms with Crippen LogP contribution in [0.4, 0.5) is 5.13 Å². The van der Waals surface area contributed by atoms with Gasteiger partial charge in [0, 0.05) is 23.5 Å². The standard InChI is InChI=1S/C17H23N3O4S2/c1-6-20(7-2)26(22,23)15-10-13(8-9-14(15)24-5)16(21)19-17-18-11(3)12(4)25-17/h8-10H,6-7H2,1-5H3,(H,18,19,21). The molecule has 9 heteroatoms. The zero-order valence-electron chi connectivity index (χ0n) is 15.5. The van der Waals surface area contributed by atoms with E-state index in [-0.39, 0.29) is 16.2 Å². The highest BCUT2D eigenvalue weighted by molar-refractivity contribution is 7.89. The molecule has 0 spiro atoms. The Morgan fingerprint density at radius 1 is 1.27 bits per heavy atom. The van der Waals surface area contributed by atoms with Crippen LogP contribution in [0, 0.1) is 13.8 Å². The Hall–Kier alpha value is -1.97. The predicted molar refractivity (Wildman–Crippen MR) is 103 cm³/mol. The summed E-state index contributed by atoms with van der Waals surface area (Å²) in [5, 5.41) is 3.19. The van der Waals surface area contributed by atoms with Crippen LogP contribution in [0.5, 0.6) is 5.75 Å². The number of ether oxygens (including phenoxy) is 1. The molecule has 26 heavy (non-hydrogen) atoms. The van der Waals surface area contributed by atoms with Crippen LogP contribution in [0.1, 0.15) is 34.8 Å². The number of benzene rings is 1. The molecule has 1 amide bonds. The van der Waals surface area contributed by atoms with Gasteiger partial charge >= 0.3 is 0 Å². The minimum Gasteiger partial charge on any atom is -0.495 e. The third-order valence-corrected chi connectivity index (χ3v) is 7.06. The summed E-state index contributed by atoms with van der Waals surface area (Å²) in [7, 11) is -2.36. The summed E-state index contributed by atoms with van der Waals surface area (Å²) in [6, 6.07) is 4.36. The van der Waals surface area contributed by atoms with Gasteiger partial charge in [-0.3, -0.25) is 10.1 Å². The molecular formula is C17H23N3O4S2. The molecule has 0 saturated carbocycles. The summed E-state index contributed by atoms with van der Waals surface area (Å²) < 4.78 is 32.2. The van der Waals surface area contributed by atoms with Crippen molar-refractivity contribution < 1.29 is 17.9 Å². The number of methoxy groups -OCH3 is 1. The molecule has 1 heterocycles. The molecule has 0 aliphatic heterocycles. The van der Waals surface area contributed by atoms with E-state index in [9.17, 15) is 13.2 Å². The maximum atomic E-state index is 12.9. The number of anilines is 1. The number of carbonyl (C=O) groups excluding carboxylic acids is 1. The third-order valence-electron chi connectivity index (χ3n) is 4.00. The fourth-order valence-electron chi connectivity index (χ4n) is 2.42. The van der Waals surface area contributed by atoms with Crippen molar-refractivity contribution in [3.05, 3.63) is 34.3 Å². The third kappa shape index (κ3) is 4.05. The Morgan fingerprint density at radius 2 is 1.92 bits per heavy atom. The van der Waals surface area contributed by atoms with Gasteiger partial charge in [0.05, 0.1) is 12.8 Å². The van der Waals surface area contributed by atoms with Crippen molar-refractivity contribution in [2.45, 2.75) is 32.6 Å². The number of sulfonamides is 1. The number of nitrogens with zero attached hydrogens (tertiary/aromatic N) is 2. The van der Waals surface area contributed by atoms with Gasteiger partial charge in [0.25, 0.3) is 5.91 Å². The lowest BCUT2D eigenvalue weighted by Gasteiger charge is -2.20. The van der Waals surface area contributed by atoms with Gasteiger partial charge < -0.3 is 4.74 Å². The molecule has 2 rings (SSSR count). The quantitative estimate of drug-likeness (QED) is 0.776. The van der Waals surface area contributed by atoms with Gasteiger partial charge in [-0.25, -0.2) is 13.4 Å². The van der Waals surface area contributed by atoms with Crippen molar-refractivity contribution in [2.24, 2.45) is 0 Å². The lowest BCUT2D eigenvalue weighted by atomic mass is 10.2. The molecule has 0 fully saturated rings. The molecule has 0 saturated heterocycles. The van der Waals surface area contributed by atoms with Gasteiger partial charge in [-0.05, 0) is 32.0 Å². The number of aromatic nitrogens is 1. The molecule has 2 aromatic rings. The highest BCUT2D eigenvalue weighted by atomic mass is 32.2. The maximum absolute atomic E-state index is 12.9. The highest BCUT2D eigenvalue weighted by Gasteiger charge is 2.27. The Balaban J connectivity index is 2.41. The molecule has 0 radical (unpaired) electrons. The second-order valence-electron chi connectivity index (χ2n) is 5.57. The highest BCUT2D eigenvalue weighted by Crippen LogP contribution is 2.28. The summed E-state index contributed by atoms with van der Waals surface area (Å²) in [5.41, 5.74) is 1.08. The van der Waals surface area contributed by atoms with Gasteiger partial charge in [-0.1, -0.05) is 13.8 Å². The number of carbonyl (C=O) groups is 1. The Morgan fingerprint density at radius 3 is 2.42 bits per heavy atom. The summed E-state index contributed by atoms with van der Waals surface area (Å²) in [5.74, 6) is -0.216. The van der Waals surface area contributed by atoms with E-state index in [0.29, 0.717) is 18.2 Å². The summed E-state index contributed by atoms with van der Waals surface area (Å²) in [6.07, 6.45) is 0. The average Bonchev–Trinajstić information content (AvgIpc) is 2.92. The summed E-state index contributed by atoms with van der Waals surface area (Å²) in [6.45, 7) is 7.97. The molecule has 7 nitrogen and oxygen atoms in total. The monoisotopic (exact) mass is 397 g/mol. The smallest absolute Gasteiger partial charge is 0.257 e. The second kappa shape index (κ2) is 8.15. The van der Waals surface area contributed by atoms with Gasteiger partial charge in [0.1, 0.15) is 10.6 Å². The summed E-state index contributed by atoms with van der Waals surface area (Å²) >= 11 is 1.37. The molecule has 1 N–H and O–H groups in total. The lowest BCUT2D eigenvalue weighted by molar-refractivity contribution is 0.102.